The summed E-state index contributed by atoms with van der Waals surface area (Å²) in [5, 5.41) is 6.89. The molecule has 1 aromatic heterocycles. The summed E-state index contributed by atoms with van der Waals surface area (Å²) in [6.07, 6.45) is -16.9. The fraction of sp³-hybridized carbons (Fsp3) is 0.769. The molecule has 0 aromatic carbocycles. The van der Waals surface area contributed by atoms with Gasteiger partial charge in [-0.25, -0.2) is 4.39 Å². The molecule has 0 unspecified atom stereocenters. The summed E-state index contributed by atoms with van der Waals surface area (Å²) in [6.45, 7) is -3.19. The van der Waals surface area contributed by atoms with Crippen molar-refractivity contribution in [3.05, 3.63) is 0 Å². The van der Waals surface area contributed by atoms with Gasteiger partial charge in [0.05, 0.1) is 6.42 Å². The number of hydrogen-bond acceptors (Lipinski definition) is 7. The van der Waals surface area contributed by atoms with Gasteiger partial charge < -0.3 is 4.74 Å². The van der Waals surface area contributed by atoms with Gasteiger partial charge in [0, 0.05) is 5.75 Å². The van der Waals surface area contributed by atoms with Crippen LogP contribution in [0.1, 0.15) is 6.42 Å². The highest BCUT2D eigenvalue weighted by Crippen LogP contribution is 2.63. The number of esters is 1. The van der Waals surface area contributed by atoms with Crippen LogP contribution in [-0.4, -0.2) is 70.2 Å². The largest absolute Gasteiger partial charge is 0.459 e. The molecule has 0 N–H and O–H groups in total. The molecule has 0 saturated carbocycles. The standard InChI is InChI=1S/C13H7F15N2O2S3/c14-7(15,3-32-4(31)1-2-34-6-30-29-5(33)35-6)9(17,18)11(21,22)10(19,20)8(16,12(23,24)25)13(26,27)28/h1-3H2,(H,29,33). The molecule has 0 aliphatic rings. The van der Waals surface area contributed by atoms with Gasteiger partial charge in [0.15, 0.2) is 15.3 Å². The lowest BCUT2D eigenvalue weighted by Crippen LogP contribution is -2.75. The quantitative estimate of drug-likeness (QED) is 0.149. The second-order valence-corrected chi connectivity index (χ2v) is 9.24. The normalized spacial score (nSPS) is 14.9. The zero-order valence-corrected chi connectivity index (χ0v) is 18.3. The summed E-state index contributed by atoms with van der Waals surface area (Å²) >= 11 is 5.34. The number of rotatable bonds is 10. The highest BCUT2D eigenvalue weighted by Gasteiger charge is 2.95. The van der Waals surface area contributed by atoms with Crippen molar-refractivity contribution in [1.82, 2.24) is 10.2 Å². The van der Waals surface area contributed by atoms with Crippen LogP contribution in [0.3, 0.4) is 0 Å². The van der Waals surface area contributed by atoms with E-state index in [4.69, 9.17) is 0 Å². The molecule has 0 aliphatic carbocycles. The van der Waals surface area contributed by atoms with Gasteiger partial charge in [-0.1, -0.05) is 23.1 Å². The fourth-order valence-electron chi connectivity index (χ4n) is 1.98. The van der Waals surface area contributed by atoms with E-state index in [-0.39, 0.29) is 14.4 Å². The predicted octanol–water partition coefficient (Wildman–Crippen LogP) is 6.23. The molecule has 0 atom stereocenters. The SMILES string of the molecule is O=C(CCSc1nnc(S)s1)OCC(F)(F)C(F)(F)C(F)(F)C(F)(F)C(F)(C(F)(F)F)C(F)(F)F. The predicted molar refractivity (Wildman–Crippen MR) is 89.2 cm³/mol. The number of thiol groups is 1. The topological polar surface area (TPSA) is 52.1 Å². The van der Waals surface area contributed by atoms with E-state index in [1.165, 1.54) is 0 Å². The third kappa shape index (κ3) is 5.67. The average molecular weight is 604 g/mol. The van der Waals surface area contributed by atoms with Gasteiger partial charge in [-0.3, -0.25) is 4.79 Å². The Balaban J connectivity index is 3.09. The molecule has 4 nitrogen and oxygen atoms in total. The van der Waals surface area contributed by atoms with Crippen molar-refractivity contribution in [2.24, 2.45) is 0 Å². The van der Waals surface area contributed by atoms with Gasteiger partial charge in [-0.15, -0.1) is 22.8 Å². The minimum absolute atomic E-state index is 0.156. The zero-order valence-electron chi connectivity index (χ0n) is 15.8. The van der Waals surface area contributed by atoms with E-state index in [1.54, 1.807) is 0 Å². The maximum atomic E-state index is 13.6. The molecule has 1 heterocycles. The number of carbonyl (C=O) groups excluding carboxylic acids is 1. The van der Waals surface area contributed by atoms with Crippen LogP contribution in [0.5, 0.6) is 0 Å². The number of ether oxygens (including phenoxy) is 1. The monoisotopic (exact) mass is 604 g/mol. The van der Waals surface area contributed by atoms with Crippen molar-refractivity contribution in [3.63, 3.8) is 0 Å². The molecule has 0 bridgehead atoms. The number of aromatic nitrogens is 2. The number of thioether (sulfide) groups is 1. The van der Waals surface area contributed by atoms with E-state index in [0.29, 0.717) is 11.8 Å². The number of carbonyl (C=O) groups is 1. The molecular weight excluding hydrogens is 597 g/mol. The second kappa shape index (κ2) is 9.86. The molecule has 0 saturated heterocycles. The van der Waals surface area contributed by atoms with Crippen molar-refractivity contribution < 1.29 is 75.4 Å². The summed E-state index contributed by atoms with van der Waals surface area (Å²) < 4.78 is 200. The Morgan fingerprint density at radius 2 is 1.29 bits per heavy atom. The lowest BCUT2D eigenvalue weighted by atomic mass is 9.86. The lowest BCUT2D eigenvalue weighted by Gasteiger charge is -2.43. The van der Waals surface area contributed by atoms with Gasteiger partial charge in [0.1, 0.15) is 0 Å². The second-order valence-electron chi connectivity index (χ2n) is 6.19. The summed E-state index contributed by atoms with van der Waals surface area (Å²) in [4.78, 5) is 11.3. The Labute approximate surface area is 197 Å². The number of hydrogen-bond donors (Lipinski definition) is 1. The number of alkyl halides is 15. The van der Waals surface area contributed by atoms with Gasteiger partial charge >= 0.3 is 47.7 Å². The van der Waals surface area contributed by atoms with Crippen LogP contribution in [-0.2, 0) is 9.53 Å². The van der Waals surface area contributed by atoms with E-state index in [2.05, 4.69) is 27.6 Å². The van der Waals surface area contributed by atoms with E-state index in [1.807, 2.05) is 0 Å². The molecule has 0 fully saturated rings. The highest BCUT2D eigenvalue weighted by atomic mass is 32.2. The third-order valence-corrected chi connectivity index (χ3v) is 6.03. The van der Waals surface area contributed by atoms with Crippen molar-refractivity contribution in [2.75, 3.05) is 12.4 Å². The van der Waals surface area contributed by atoms with Crippen molar-refractivity contribution in [2.45, 2.75) is 56.8 Å². The van der Waals surface area contributed by atoms with Crippen LogP contribution in [0.25, 0.3) is 0 Å². The molecule has 0 amide bonds. The van der Waals surface area contributed by atoms with Gasteiger partial charge in [-0.05, 0) is 0 Å². The molecule has 0 radical (unpaired) electrons. The first-order chi connectivity index (χ1) is 15.4. The Hall–Kier alpha value is -1.32. The number of nitrogens with zero attached hydrogens (tertiary/aromatic N) is 2. The van der Waals surface area contributed by atoms with E-state index in [9.17, 15) is 70.7 Å². The Morgan fingerprint density at radius 3 is 1.69 bits per heavy atom. The van der Waals surface area contributed by atoms with Gasteiger partial charge in [0.25, 0.3) is 0 Å². The van der Waals surface area contributed by atoms with Gasteiger partial charge in [-0.2, -0.15) is 61.5 Å². The maximum absolute atomic E-state index is 13.6. The smallest absolute Gasteiger partial charge is 0.438 e. The first-order valence-electron chi connectivity index (χ1n) is 8.01. The Kier molecular flexibility index (Phi) is 8.93. The Morgan fingerprint density at radius 1 is 0.800 bits per heavy atom. The van der Waals surface area contributed by atoms with Crippen molar-refractivity contribution >= 4 is 41.7 Å². The average Bonchev–Trinajstić information content (AvgIpc) is 3.08. The minimum Gasteiger partial charge on any atom is -0.459 e. The maximum Gasteiger partial charge on any atom is 0.438 e. The zero-order chi connectivity index (χ0) is 27.9. The molecule has 0 spiro atoms. The molecule has 1 rings (SSSR count). The van der Waals surface area contributed by atoms with Crippen LogP contribution in [0.2, 0.25) is 0 Å². The summed E-state index contributed by atoms with van der Waals surface area (Å²) in [7, 11) is 0. The van der Waals surface area contributed by atoms with E-state index >= 15 is 0 Å². The highest BCUT2D eigenvalue weighted by molar-refractivity contribution is 8.01. The van der Waals surface area contributed by atoms with Crippen LogP contribution < -0.4 is 0 Å². The molecule has 1 aromatic rings. The lowest BCUT2D eigenvalue weighted by molar-refractivity contribution is -0.457. The van der Waals surface area contributed by atoms with Gasteiger partial charge in [0.2, 0.25) is 0 Å². The number of halogens is 15. The molecule has 35 heavy (non-hydrogen) atoms. The van der Waals surface area contributed by atoms with Crippen LogP contribution in [0.15, 0.2) is 8.68 Å². The summed E-state index contributed by atoms with van der Waals surface area (Å²) in [6, 6.07) is 0. The Bertz CT molecular complexity index is 885. The third-order valence-electron chi connectivity index (χ3n) is 3.80. The van der Waals surface area contributed by atoms with Crippen LogP contribution in [0.4, 0.5) is 65.9 Å². The van der Waals surface area contributed by atoms with Crippen LogP contribution in [0, 0.1) is 0 Å². The molecular formula is C13H7F15N2O2S3. The fourth-order valence-corrected chi connectivity index (χ4v) is 4.05. The first kappa shape index (κ1) is 31.7. The molecule has 0 aliphatic heterocycles. The molecule has 204 valence electrons. The summed E-state index contributed by atoms with van der Waals surface area (Å²) in [5.74, 6) is -33.5. The van der Waals surface area contributed by atoms with Crippen molar-refractivity contribution in [1.29, 1.82) is 0 Å². The molecule has 22 heteroatoms. The van der Waals surface area contributed by atoms with Crippen molar-refractivity contribution in [3.8, 4) is 0 Å². The summed E-state index contributed by atoms with van der Waals surface area (Å²) in [5.41, 5.74) is -8.37. The van der Waals surface area contributed by atoms with E-state index < -0.39 is 60.7 Å². The van der Waals surface area contributed by atoms with Crippen LogP contribution >= 0.6 is 35.7 Å². The first-order valence-corrected chi connectivity index (χ1v) is 10.3. The van der Waals surface area contributed by atoms with E-state index in [0.717, 1.165) is 11.3 Å². The minimum atomic E-state index is -8.52.